The number of hydrogen-bond acceptors (Lipinski definition) is 4. The number of rotatable bonds is 4. The molecule has 154 valence electrons. The summed E-state index contributed by atoms with van der Waals surface area (Å²) in [6.45, 7) is 5.36. The van der Waals surface area contributed by atoms with Gasteiger partial charge in [0.25, 0.3) is 0 Å². The Morgan fingerprint density at radius 3 is 2.70 bits per heavy atom. The van der Waals surface area contributed by atoms with Crippen molar-refractivity contribution in [3.05, 3.63) is 0 Å². The summed E-state index contributed by atoms with van der Waals surface area (Å²) in [6.07, 6.45) is 11.1. The lowest BCUT2D eigenvalue weighted by atomic mass is 9.45. The summed E-state index contributed by atoms with van der Waals surface area (Å²) in [5.41, 5.74) is 14.1. The minimum Gasteiger partial charge on any atom is -0.396 e. The minimum absolute atomic E-state index is 0.335. The van der Waals surface area contributed by atoms with Crippen LogP contribution in [0.4, 0.5) is 0 Å². The van der Waals surface area contributed by atoms with Crippen molar-refractivity contribution in [2.45, 2.75) is 95.3 Å². The number of hydrogen-bond donors (Lipinski definition) is 4. The van der Waals surface area contributed by atoms with Crippen molar-refractivity contribution < 1.29 is 5.11 Å². The molecule has 4 nitrogen and oxygen atoms in total. The normalized spacial score (nSPS) is 57.2. The number of aliphatic hydroxyl groups is 1. The zero-order valence-corrected chi connectivity index (χ0v) is 17.4. The van der Waals surface area contributed by atoms with Crippen LogP contribution in [-0.4, -0.2) is 35.4 Å². The first-order valence-electron chi connectivity index (χ1n) is 11.8. The standard InChI is InChI=1S/C23H41N3O/c1-13(4-3-9-27)16-5-6-17-21-18(12-20-23(16,17)26-20)22(2)8-7-15(24)10-14(22)11-19(21)25/h13-21,26-27H,3-12,24-25H2,1-2H3/t13-,14?,15-,16?,17+,18+,19-,20+,21?,22?,23?/m1/s1. The van der Waals surface area contributed by atoms with Gasteiger partial charge in [0.2, 0.25) is 0 Å². The monoisotopic (exact) mass is 375 g/mol. The second-order valence-corrected chi connectivity index (χ2v) is 11.3. The van der Waals surface area contributed by atoms with Crippen LogP contribution in [0.25, 0.3) is 0 Å². The van der Waals surface area contributed by atoms with E-state index in [1.54, 1.807) is 0 Å². The Morgan fingerprint density at radius 1 is 1.11 bits per heavy atom. The summed E-state index contributed by atoms with van der Waals surface area (Å²) in [7, 11) is 0. The molecule has 0 aromatic rings. The highest BCUT2D eigenvalue weighted by Crippen LogP contribution is 2.69. The van der Waals surface area contributed by atoms with E-state index in [4.69, 9.17) is 11.5 Å². The highest BCUT2D eigenvalue weighted by Gasteiger charge is 2.73. The smallest absolute Gasteiger partial charge is 0.0431 e. The lowest BCUT2D eigenvalue weighted by Crippen LogP contribution is -2.61. The average Bonchev–Trinajstić information content (AvgIpc) is 3.24. The molecule has 4 aliphatic carbocycles. The van der Waals surface area contributed by atoms with Gasteiger partial charge in [-0.1, -0.05) is 13.8 Å². The molecule has 0 bridgehead atoms. The maximum atomic E-state index is 9.27. The van der Waals surface area contributed by atoms with Crippen molar-refractivity contribution in [3.63, 3.8) is 0 Å². The fourth-order valence-corrected chi connectivity index (χ4v) is 9.03. The first-order chi connectivity index (χ1) is 12.9. The van der Waals surface area contributed by atoms with Crippen molar-refractivity contribution in [1.29, 1.82) is 0 Å². The molecule has 4 saturated carbocycles. The third kappa shape index (κ3) is 2.55. The van der Waals surface area contributed by atoms with Gasteiger partial charge in [0.1, 0.15) is 0 Å². The van der Waals surface area contributed by atoms with E-state index in [1.807, 2.05) is 0 Å². The Bertz CT molecular complexity index is 584. The fraction of sp³-hybridized carbons (Fsp3) is 1.00. The van der Waals surface area contributed by atoms with Gasteiger partial charge in [-0.3, -0.25) is 0 Å². The lowest BCUT2D eigenvalue weighted by Gasteiger charge is -2.60. The highest BCUT2D eigenvalue weighted by atomic mass is 16.2. The van der Waals surface area contributed by atoms with Crippen LogP contribution in [-0.2, 0) is 0 Å². The molecule has 0 radical (unpaired) electrons. The van der Waals surface area contributed by atoms with Crippen molar-refractivity contribution >= 4 is 0 Å². The van der Waals surface area contributed by atoms with Crippen molar-refractivity contribution in [2.24, 2.45) is 52.4 Å². The van der Waals surface area contributed by atoms with Gasteiger partial charge in [0.05, 0.1) is 0 Å². The maximum Gasteiger partial charge on any atom is 0.0431 e. The Hall–Kier alpha value is -0.160. The maximum absolute atomic E-state index is 9.27. The third-order valence-electron chi connectivity index (χ3n) is 10.3. The van der Waals surface area contributed by atoms with Crippen LogP contribution < -0.4 is 16.8 Å². The van der Waals surface area contributed by atoms with Gasteiger partial charge in [-0.05, 0) is 98.7 Å². The number of nitrogens with two attached hydrogens (primary N) is 2. The molecule has 5 aliphatic rings. The van der Waals surface area contributed by atoms with Crippen LogP contribution in [0.3, 0.4) is 0 Å². The summed E-state index contributed by atoms with van der Waals surface area (Å²) in [6, 6.07) is 1.50. The molecular formula is C23H41N3O. The SMILES string of the molecule is C[C@H](CCCO)C1CC[C@H]2C3[C@H](N)CC4C[C@H](N)CCC4(C)[C@H]3C[C@@H]3NC132. The molecule has 0 amide bonds. The molecular weight excluding hydrogens is 334 g/mol. The van der Waals surface area contributed by atoms with Crippen molar-refractivity contribution in [1.82, 2.24) is 5.32 Å². The van der Waals surface area contributed by atoms with E-state index in [9.17, 15) is 5.11 Å². The molecule has 6 N–H and O–H groups in total. The summed E-state index contributed by atoms with van der Waals surface area (Å²) in [5.74, 6) is 4.53. The second kappa shape index (κ2) is 6.42. The van der Waals surface area contributed by atoms with E-state index >= 15 is 0 Å². The molecule has 5 rings (SSSR count). The summed E-state index contributed by atoms with van der Waals surface area (Å²) < 4.78 is 0. The third-order valence-corrected chi connectivity index (χ3v) is 10.3. The molecule has 1 aliphatic heterocycles. The topological polar surface area (TPSA) is 94.2 Å². The molecule has 5 fully saturated rings. The predicted octanol–water partition coefficient (Wildman–Crippen LogP) is 2.63. The first-order valence-corrected chi connectivity index (χ1v) is 11.8. The Morgan fingerprint density at radius 2 is 1.93 bits per heavy atom. The van der Waals surface area contributed by atoms with Crippen molar-refractivity contribution in [3.8, 4) is 0 Å². The summed E-state index contributed by atoms with van der Waals surface area (Å²) in [4.78, 5) is 0. The van der Waals surface area contributed by atoms with Gasteiger partial charge in [0.15, 0.2) is 0 Å². The molecule has 4 heteroatoms. The number of nitrogens with one attached hydrogen (secondary N) is 1. The van der Waals surface area contributed by atoms with E-state index in [2.05, 4.69) is 19.2 Å². The van der Waals surface area contributed by atoms with Crippen molar-refractivity contribution in [2.75, 3.05) is 6.61 Å². The van der Waals surface area contributed by atoms with Gasteiger partial charge < -0.3 is 21.9 Å². The molecule has 0 aromatic carbocycles. The first kappa shape index (κ1) is 18.8. The average molecular weight is 376 g/mol. The van der Waals surface area contributed by atoms with Gasteiger partial charge >= 0.3 is 0 Å². The molecule has 27 heavy (non-hydrogen) atoms. The van der Waals surface area contributed by atoms with E-state index in [0.717, 1.165) is 36.1 Å². The number of aliphatic hydroxyl groups excluding tert-OH is 1. The lowest BCUT2D eigenvalue weighted by molar-refractivity contribution is -0.0873. The Labute approximate surface area is 165 Å². The number of fused-ring (bicyclic) bond motifs is 4. The molecule has 1 saturated heterocycles. The highest BCUT2D eigenvalue weighted by molar-refractivity contribution is 5.30. The molecule has 5 unspecified atom stereocenters. The minimum atomic E-state index is 0.335. The zero-order chi connectivity index (χ0) is 19.0. The molecule has 0 aromatic heterocycles. The Kier molecular flexibility index (Phi) is 4.48. The molecule has 1 heterocycles. The fourth-order valence-electron chi connectivity index (χ4n) is 9.03. The summed E-state index contributed by atoms with van der Waals surface area (Å²) >= 11 is 0. The molecule has 1 spiro atoms. The van der Waals surface area contributed by atoms with Gasteiger partial charge in [-0.2, -0.15) is 0 Å². The van der Waals surface area contributed by atoms with Crippen LogP contribution in [0.5, 0.6) is 0 Å². The van der Waals surface area contributed by atoms with E-state index in [0.29, 0.717) is 41.5 Å². The summed E-state index contributed by atoms with van der Waals surface area (Å²) in [5, 5.41) is 13.3. The van der Waals surface area contributed by atoms with Crippen LogP contribution in [0, 0.1) is 40.9 Å². The predicted molar refractivity (Wildman–Crippen MR) is 109 cm³/mol. The van der Waals surface area contributed by atoms with E-state index in [-0.39, 0.29) is 0 Å². The quantitative estimate of drug-likeness (QED) is 0.568. The van der Waals surface area contributed by atoms with Gasteiger partial charge in [0, 0.05) is 30.3 Å². The zero-order valence-electron chi connectivity index (χ0n) is 17.4. The largest absolute Gasteiger partial charge is 0.396 e. The van der Waals surface area contributed by atoms with Gasteiger partial charge in [-0.25, -0.2) is 0 Å². The van der Waals surface area contributed by atoms with E-state index in [1.165, 1.54) is 51.4 Å². The Balaban J connectivity index is 1.41. The van der Waals surface area contributed by atoms with Crippen LogP contribution in [0.15, 0.2) is 0 Å². The van der Waals surface area contributed by atoms with Crippen LogP contribution in [0.2, 0.25) is 0 Å². The van der Waals surface area contributed by atoms with E-state index < -0.39 is 0 Å². The van der Waals surface area contributed by atoms with Crippen LogP contribution >= 0.6 is 0 Å². The second-order valence-electron chi connectivity index (χ2n) is 11.3. The van der Waals surface area contributed by atoms with Gasteiger partial charge in [-0.15, -0.1) is 0 Å². The molecule has 11 atom stereocenters. The van der Waals surface area contributed by atoms with Crippen LogP contribution in [0.1, 0.15) is 71.6 Å².